The lowest BCUT2D eigenvalue weighted by Crippen LogP contribution is -1.99. The van der Waals surface area contributed by atoms with Crippen LogP contribution in [-0.4, -0.2) is 0 Å². The largest absolute Gasteiger partial charge is 0.355 e. The van der Waals surface area contributed by atoms with Crippen LogP contribution >= 0.6 is 0 Å². The molecule has 0 atom stereocenters. The van der Waals surface area contributed by atoms with E-state index in [1.54, 1.807) is 0 Å². The maximum Gasteiger partial charge on any atom is 0.0419 e. The van der Waals surface area contributed by atoms with Gasteiger partial charge in [0, 0.05) is 22.7 Å². The predicted molar refractivity (Wildman–Crippen MR) is 190 cm³/mol. The topological polar surface area (TPSA) is 24.1 Å². The summed E-state index contributed by atoms with van der Waals surface area (Å²) in [7, 11) is 0. The smallest absolute Gasteiger partial charge is 0.0419 e. The molecule has 0 unspecified atom stereocenters. The second-order valence-electron chi connectivity index (χ2n) is 12.0. The van der Waals surface area contributed by atoms with Crippen molar-refractivity contribution >= 4 is 22.7 Å². The van der Waals surface area contributed by atoms with Gasteiger partial charge in [-0.2, -0.15) is 0 Å². The van der Waals surface area contributed by atoms with E-state index in [0.29, 0.717) is 11.8 Å². The molecule has 0 radical (unpaired) electrons. The third-order valence-corrected chi connectivity index (χ3v) is 8.22. The van der Waals surface area contributed by atoms with Crippen molar-refractivity contribution in [3.63, 3.8) is 0 Å². The average Bonchev–Trinajstić information content (AvgIpc) is 3.06. The molecular formula is C42H40N2. The van der Waals surface area contributed by atoms with Crippen LogP contribution in [-0.2, 0) is 0 Å². The highest BCUT2D eigenvalue weighted by Crippen LogP contribution is 2.42. The van der Waals surface area contributed by atoms with Gasteiger partial charge >= 0.3 is 0 Å². The molecule has 0 heterocycles. The minimum atomic E-state index is 0.430. The minimum Gasteiger partial charge on any atom is -0.355 e. The van der Waals surface area contributed by atoms with E-state index >= 15 is 0 Å². The molecule has 218 valence electrons. The molecule has 6 aromatic carbocycles. The summed E-state index contributed by atoms with van der Waals surface area (Å²) in [5, 5.41) is 7.46. The van der Waals surface area contributed by atoms with Crippen molar-refractivity contribution in [3.8, 4) is 33.4 Å². The van der Waals surface area contributed by atoms with E-state index < -0.39 is 0 Å². The number of para-hydroxylation sites is 2. The van der Waals surface area contributed by atoms with Crippen LogP contribution in [0.1, 0.15) is 50.7 Å². The SMILES string of the molecule is CC(C)c1ccccc1Nc1ccc(-c2ccc(Nc3ccccc3C(C)C)cc2-c2ccccc2)c(-c2ccccc2)c1. The highest BCUT2D eigenvalue weighted by atomic mass is 14.9. The molecule has 0 aliphatic carbocycles. The van der Waals surface area contributed by atoms with Gasteiger partial charge in [0.05, 0.1) is 0 Å². The maximum absolute atomic E-state index is 3.73. The Bertz CT molecular complexity index is 1710. The van der Waals surface area contributed by atoms with E-state index in [1.807, 2.05) is 0 Å². The van der Waals surface area contributed by atoms with Gasteiger partial charge in [0.2, 0.25) is 0 Å². The Morgan fingerprint density at radius 2 is 0.727 bits per heavy atom. The number of hydrogen-bond acceptors (Lipinski definition) is 2. The van der Waals surface area contributed by atoms with Gasteiger partial charge in [-0.1, -0.05) is 137 Å². The fourth-order valence-corrected chi connectivity index (χ4v) is 5.97. The van der Waals surface area contributed by atoms with Crippen molar-refractivity contribution in [1.82, 2.24) is 0 Å². The van der Waals surface area contributed by atoms with Crippen LogP contribution in [0.5, 0.6) is 0 Å². The average molecular weight is 573 g/mol. The maximum atomic E-state index is 3.73. The Morgan fingerprint density at radius 1 is 0.364 bits per heavy atom. The zero-order valence-electron chi connectivity index (χ0n) is 26.0. The summed E-state index contributed by atoms with van der Waals surface area (Å²) in [6.45, 7) is 8.96. The van der Waals surface area contributed by atoms with Gasteiger partial charge in [-0.15, -0.1) is 0 Å². The molecule has 0 saturated carbocycles. The van der Waals surface area contributed by atoms with Gasteiger partial charge in [-0.3, -0.25) is 0 Å². The normalized spacial score (nSPS) is 11.1. The first kappa shape index (κ1) is 29.0. The van der Waals surface area contributed by atoms with Crippen LogP contribution < -0.4 is 10.6 Å². The summed E-state index contributed by atoms with van der Waals surface area (Å²) in [6, 6.07) is 52.1. The predicted octanol–water partition coefficient (Wildman–Crippen LogP) is 12.4. The Hall–Kier alpha value is -5.08. The monoisotopic (exact) mass is 572 g/mol. The molecular weight excluding hydrogens is 532 g/mol. The molecule has 6 rings (SSSR count). The zero-order chi connectivity index (χ0) is 30.5. The van der Waals surface area contributed by atoms with Crippen LogP contribution in [0.2, 0.25) is 0 Å². The first-order chi connectivity index (χ1) is 21.5. The molecule has 2 heteroatoms. The Morgan fingerprint density at radius 3 is 1.11 bits per heavy atom. The van der Waals surface area contributed by atoms with E-state index in [4.69, 9.17) is 0 Å². The molecule has 0 spiro atoms. The molecule has 6 aromatic rings. The van der Waals surface area contributed by atoms with Crippen molar-refractivity contribution in [3.05, 3.63) is 157 Å². The number of nitrogens with one attached hydrogen (secondary N) is 2. The van der Waals surface area contributed by atoms with Crippen LogP contribution in [0.25, 0.3) is 33.4 Å². The zero-order valence-corrected chi connectivity index (χ0v) is 26.0. The van der Waals surface area contributed by atoms with Crippen molar-refractivity contribution in [2.45, 2.75) is 39.5 Å². The van der Waals surface area contributed by atoms with Gasteiger partial charge in [0.1, 0.15) is 0 Å². The Kier molecular flexibility index (Phi) is 8.61. The highest BCUT2D eigenvalue weighted by Gasteiger charge is 2.16. The van der Waals surface area contributed by atoms with E-state index in [-0.39, 0.29) is 0 Å². The lowest BCUT2D eigenvalue weighted by atomic mass is 9.88. The second kappa shape index (κ2) is 13.1. The Labute approximate surface area is 262 Å². The van der Waals surface area contributed by atoms with Crippen molar-refractivity contribution in [2.75, 3.05) is 10.6 Å². The number of rotatable bonds is 9. The quantitative estimate of drug-likeness (QED) is 0.180. The number of anilines is 4. The third-order valence-electron chi connectivity index (χ3n) is 8.22. The second-order valence-corrected chi connectivity index (χ2v) is 12.0. The van der Waals surface area contributed by atoms with Crippen molar-refractivity contribution in [1.29, 1.82) is 0 Å². The summed E-state index contributed by atoms with van der Waals surface area (Å²) >= 11 is 0. The lowest BCUT2D eigenvalue weighted by molar-refractivity contribution is 0.869. The van der Waals surface area contributed by atoms with Gasteiger partial charge in [-0.25, -0.2) is 0 Å². The fraction of sp³-hybridized carbons (Fsp3) is 0.143. The van der Waals surface area contributed by atoms with Gasteiger partial charge < -0.3 is 10.6 Å². The van der Waals surface area contributed by atoms with Gasteiger partial charge in [0.25, 0.3) is 0 Å². The summed E-state index contributed by atoms with van der Waals surface area (Å²) in [5.74, 6) is 0.860. The third kappa shape index (κ3) is 6.31. The summed E-state index contributed by atoms with van der Waals surface area (Å²) in [6.07, 6.45) is 0. The van der Waals surface area contributed by atoms with Crippen LogP contribution in [0, 0.1) is 0 Å². The summed E-state index contributed by atoms with van der Waals surface area (Å²) in [4.78, 5) is 0. The van der Waals surface area contributed by atoms with E-state index in [0.717, 1.165) is 22.7 Å². The number of benzene rings is 6. The lowest BCUT2D eigenvalue weighted by Gasteiger charge is -2.20. The first-order valence-electron chi connectivity index (χ1n) is 15.6. The summed E-state index contributed by atoms with van der Waals surface area (Å²) < 4.78 is 0. The molecule has 2 nitrogen and oxygen atoms in total. The van der Waals surface area contributed by atoms with E-state index in [2.05, 4.69) is 184 Å². The van der Waals surface area contributed by atoms with Crippen LogP contribution in [0.15, 0.2) is 146 Å². The van der Waals surface area contributed by atoms with Gasteiger partial charge in [-0.05, 0) is 92.7 Å². The Balaban J connectivity index is 1.48. The highest BCUT2D eigenvalue weighted by molar-refractivity contribution is 5.94. The molecule has 0 bridgehead atoms. The molecule has 0 fully saturated rings. The van der Waals surface area contributed by atoms with Crippen molar-refractivity contribution in [2.24, 2.45) is 0 Å². The summed E-state index contributed by atoms with van der Waals surface area (Å²) in [5.41, 5.74) is 14.2. The fourth-order valence-electron chi connectivity index (χ4n) is 5.97. The van der Waals surface area contributed by atoms with E-state index in [9.17, 15) is 0 Å². The van der Waals surface area contributed by atoms with Crippen LogP contribution in [0.3, 0.4) is 0 Å². The molecule has 0 aliphatic rings. The minimum absolute atomic E-state index is 0.430. The van der Waals surface area contributed by atoms with Gasteiger partial charge in [0.15, 0.2) is 0 Å². The molecule has 0 amide bonds. The molecule has 0 saturated heterocycles. The number of hydrogen-bond donors (Lipinski definition) is 2. The molecule has 0 aliphatic heterocycles. The first-order valence-corrected chi connectivity index (χ1v) is 15.6. The molecule has 0 aromatic heterocycles. The molecule has 44 heavy (non-hydrogen) atoms. The standard InChI is InChI=1S/C42H40N2/c1-29(2)35-19-11-13-21-41(35)43-33-23-25-37(39(27-33)31-15-7-5-8-16-31)38-26-24-34(28-40(38)32-17-9-6-10-18-32)44-42-22-14-12-20-36(42)30(3)4/h5-30,43-44H,1-4H3. The van der Waals surface area contributed by atoms with E-state index in [1.165, 1.54) is 44.5 Å². The van der Waals surface area contributed by atoms with Crippen molar-refractivity contribution < 1.29 is 0 Å². The molecule has 2 N–H and O–H groups in total. The van der Waals surface area contributed by atoms with Crippen LogP contribution in [0.4, 0.5) is 22.7 Å².